The van der Waals surface area contributed by atoms with Crippen LogP contribution < -0.4 is 11.1 Å². The van der Waals surface area contributed by atoms with Crippen molar-refractivity contribution in [2.24, 2.45) is 0 Å². The predicted octanol–water partition coefficient (Wildman–Crippen LogP) is 3.09. The molecule has 3 rings (SSSR count). The van der Waals surface area contributed by atoms with Gasteiger partial charge < -0.3 is 14.5 Å². The molecule has 0 spiro atoms. The average Bonchev–Trinajstić information content (AvgIpc) is 2.93. The maximum Gasteiger partial charge on any atom is 0.420 e. The first-order chi connectivity index (χ1) is 13.3. The zero-order valence-electron chi connectivity index (χ0n) is 16.2. The Bertz CT molecular complexity index is 1090. The van der Waals surface area contributed by atoms with Gasteiger partial charge in [0.05, 0.1) is 5.52 Å². The molecule has 1 N–H and O–H groups in total. The number of fused-ring (bicyclic) bond motifs is 1. The Kier molecular flexibility index (Phi) is 5.35. The van der Waals surface area contributed by atoms with Gasteiger partial charge in [-0.2, -0.15) is 0 Å². The molecule has 0 saturated carbocycles. The molecule has 0 radical (unpaired) electrons. The average molecular weight is 382 g/mol. The van der Waals surface area contributed by atoms with Crippen LogP contribution in [-0.2, 0) is 20.9 Å². The quantitative estimate of drug-likeness (QED) is 0.685. The van der Waals surface area contributed by atoms with Gasteiger partial charge in [-0.15, -0.1) is 0 Å². The standard InChI is InChI=1S/C21H22N2O5/c1-12-9-13(2)19(14(3)10-12)22-20(25)15(4)27-18(24)11-23-16-7-5-6-8-17(16)28-21(23)26/h5-10,15H,11H2,1-4H3,(H,22,25)/t15-/m1/s1. The molecule has 0 fully saturated rings. The maximum atomic E-state index is 12.4. The molecule has 0 unspecified atom stereocenters. The number of para-hydroxylation sites is 2. The number of anilines is 1. The zero-order chi connectivity index (χ0) is 20.4. The van der Waals surface area contributed by atoms with E-state index in [4.69, 9.17) is 9.15 Å². The first-order valence-corrected chi connectivity index (χ1v) is 8.93. The van der Waals surface area contributed by atoms with Crippen LogP contribution in [-0.4, -0.2) is 22.5 Å². The maximum absolute atomic E-state index is 12.4. The summed E-state index contributed by atoms with van der Waals surface area (Å²) >= 11 is 0. The normalized spacial score (nSPS) is 12.0. The van der Waals surface area contributed by atoms with E-state index < -0.39 is 23.7 Å². The van der Waals surface area contributed by atoms with Crippen LogP contribution in [0.2, 0.25) is 0 Å². The van der Waals surface area contributed by atoms with Crippen LogP contribution in [0, 0.1) is 20.8 Å². The molecule has 0 aliphatic carbocycles. The van der Waals surface area contributed by atoms with Crippen LogP contribution >= 0.6 is 0 Å². The van der Waals surface area contributed by atoms with Crippen molar-refractivity contribution in [1.29, 1.82) is 0 Å². The number of ether oxygens (including phenoxy) is 1. The fraction of sp³-hybridized carbons (Fsp3) is 0.286. The fourth-order valence-electron chi connectivity index (χ4n) is 3.18. The van der Waals surface area contributed by atoms with E-state index in [2.05, 4.69) is 5.32 Å². The topological polar surface area (TPSA) is 90.5 Å². The first-order valence-electron chi connectivity index (χ1n) is 8.93. The van der Waals surface area contributed by atoms with Gasteiger partial charge in [-0.3, -0.25) is 14.2 Å². The van der Waals surface area contributed by atoms with E-state index in [0.29, 0.717) is 16.8 Å². The third kappa shape index (κ3) is 3.98. The number of oxazole rings is 1. The van der Waals surface area contributed by atoms with Gasteiger partial charge in [0.15, 0.2) is 11.7 Å². The van der Waals surface area contributed by atoms with Crippen molar-refractivity contribution in [2.45, 2.75) is 40.3 Å². The third-order valence-corrected chi connectivity index (χ3v) is 4.46. The lowest BCUT2D eigenvalue weighted by molar-refractivity contribution is -0.153. The number of benzene rings is 2. The van der Waals surface area contributed by atoms with Crippen molar-refractivity contribution in [3.05, 3.63) is 63.6 Å². The molecule has 2 aromatic carbocycles. The molecule has 3 aromatic rings. The van der Waals surface area contributed by atoms with Crippen LogP contribution in [0.1, 0.15) is 23.6 Å². The van der Waals surface area contributed by atoms with E-state index in [1.807, 2.05) is 32.9 Å². The number of hydrogen-bond acceptors (Lipinski definition) is 5. The summed E-state index contributed by atoms with van der Waals surface area (Å²) in [6.07, 6.45) is -1.01. The van der Waals surface area contributed by atoms with Gasteiger partial charge in [0.2, 0.25) is 0 Å². The Morgan fingerprint density at radius 2 is 1.79 bits per heavy atom. The van der Waals surface area contributed by atoms with Crippen molar-refractivity contribution in [1.82, 2.24) is 4.57 Å². The van der Waals surface area contributed by atoms with Crippen LogP contribution in [0.5, 0.6) is 0 Å². The molecule has 146 valence electrons. The summed E-state index contributed by atoms with van der Waals surface area (Å²) in [7, 11) is 0. The van der Waals surface area contributed by atoms with Crippen molar-refractivity contribution in [3.63, 3.8) is 0 Å². The molecule has 28 heavy (non-hydrogen) atoms. The highest BCUT2D eigenvalue weighted by Gasteiger charge is 2.21. The Morgan fingerprint density at radius 1 is 1.14 bits per heavy atom. The number of nitrogens with zero attached hydrogens (tertiary/aromatic N) is 1. The van der Waals surface area contributed by atoms with E-state index in [1.54, 1.807) is 24.3 Å². The number of rotatable bonds is 5. The predicted molar refractivity (Wildman–Crippen MR) is 105 cm³/mol. The van der Waals surface area contributed by atoms with E-state index in [0.717, 1.165) is 16.7 Å². The molecule has 1 amide bonds. The number of aryl methyl sites for hydroxylation is 3. The van der Waals surface area contributed by atoms with Crippen molar-refractivity contribution in [2.75, 3.05) is 5.32 Å². The minimum atomic E-state index is -1.01. The summed E-state index contributed by atoms with van der Waals surface area (Å²) in [4.78, 5) is 36.6. The Balaban J connectivity index is 1.68. The largest absolute Gasteiger partial charge is 0.451 e. The highest BCUT2D eigenvalue weighted by Crippen LogP contribution is 2.22. The van der Waals surface area contributed by atoms with Crippen LogP contribution in [0.3, 0.4) is 0 Å². The van der Waals surface area contributed by atoms with E-state index >= 15 is 0 Å². The summed E-state index contributed by atoms with van der Waals surface area (Å²) in [6.45, 7) is 6.95. The second-order valence-corrected chi connectivity index (χ2v) is 6.82. The highest BCUT2D eigenvalue weighted by atomic mass is 16.5. The van der Waals surface area contributed by atoms with Crippen LogP contribution in [0.4, 0.5) is 5.69 Å². The lowest BCUT2D eigenvalue weighted by Crippen LogP contribution is -2.32. The number of carbonyl (C=O) groups is 2. The Hall–Kier alpha value is -3.35. The first kappa shape index (κ1) is 19.4. The molecule has 1 heterocycles. The molecule has 1 aromatic heterocycles. The lowest BCUT2D eigenvalue weighted by Gasteiger charge is -2.17. The number of carbonyl (C=O) groups excluding carboxylic acids is 2. The van der Waals surface area contributed by atoms with Gasteiger partial charge in [-0.1, -0.05) is 29.8 Å². The number of esters is 1. The molecule has 7 nitrogen and oxygen atoms in total. The van der Waals surface area contributed by atoms with Crippen molar-refractivity contribution < 1.29 is 18.7 Å². The van der Waals surface area contributed by atoms with Crippen LogP contribution in [0.25, 0.3) is 11.1 Å². The molecule has 0 saturated heterocycles. The number of hydrogen-bond donors (Lipinski definition) is 1. The number of nitrogens with one attached hydrogen (secondary N) is 1. The molecule has 0 bridgehead atoms. The van der Waals surface area contributed by atoms with Gasteiger partial charge in [0.25, 0.3) is 5.91 Å². The van der Waals surface area contributed by atoms with Gasteiger partial charge in [0.1, 0.15) is 6.54 Å². The number of aromatic nitrogens is 1. The van der Waals surface area contributed by atoms with Crippen molar-refractivity contribution >= 4 is 28.7 Å². The van der Waals surface area contributed by atoms with Gasteiger partial charge in [0, 0.05) is 5.69 Å². The zero-order valence-corrected chi connectivity index (χ0v) is 16.2. The SMILES string of the molecule is Cc1cc(C)c(NC(=O)[C@@H](C)OC(=O)Cn2c(=O)oc3ccccc32)c(C)c1. The summed E-state index contributed by atoms with van der Waals surface area (Å²) in [6, 6.07) is 10.7. The molecule has 0 aliphatic heterocycles. The molecule has 7 heteroatoms. The second-order valence-electron chi connectivity index (χ2n) is 6.82. The third-order valence-electron chi connectivity index (χ3n) is 4.46. The van der Waals surface area contributed by atoms with Gasteiger partial charge in [-0.05, 0) is 51.0 Å². The minimum absolute atomic E-state index is 0.337. The summed E-state index contributed by atoms with van der Waals surface area (Å²) < 4.78 is 11.5. The number of amides is 1. The molecule has 1 atom stereocenters. The van der Waals surface area contributed by atoms with Gasteiger partial charge in [-0.25, -0.2) is 4.79 Å². The molecular weight excluding hydrogens is 360 g/mol. The molecular formula is C21H22N2O5. The lowest BCUT2D eigenvalue weighted by atomic mass is 10.0. The monoisotopic (exact) mass is 382 g/mol. The van der Waals surface area contributed by atoms with E-state index in [-0.39, 0.29) is 6.54 Å². The smallest absolute Gasteiger partial charge is 0.420 e. The Morgan fingerprint density at radius 3 is 2.46 bits per heavy atom. The van der Waals surface area contributed by atoms with Crippen LogP contribution in [0.15, 0.2) is 45.6 Å². The van der Waals surface area contributed by atoms with Crippen molar-refractivity contribution in [3.8, 4) is 0 Å². The van der Waals surface area contributed by atoms with E-state index in [9.17, 15) is 14.4 Å². The molecule has 0 aliphatic rings. The highest BCUT2D eigenvalue weighted by molar-refractivity contribution is 5.96. The second kappa shape index (κ2) is 7.72. The fourth-order valence-corrected chi connectivity index (χ4v) is 3.18. The summed E-state index contributed by atoms with van der Waals surface area (Å²) in [5.74, 6) is -1.79. The van der Waals surface area contributed by atoms with E-state index in [1.165, 1.54) is 11.5 Å². The summed E-state index contributed by atoms with van der Waals surface area (Å²) in [5.41, 5.74) is 4.55. The Labute approximate surface area is 161 Å². The minimum Gasteiger partial charge on any atom is -0.451 e. The summed E-state index contributed by atoms with van der Waals surface area (Å²) in [5, 5.41) is 2.81. The van der Waals surface area contributed by atoms with Gasteiger partial charge >= 0.3 is 11.7 Å².